The predicted octanol–water partition coefficient (Wildman–Crippen LogP) is 2.03. The Hall–Kier alpha value is -1.83. The van der Waals surface area contributed by atoms with Gasteiger partial charge in [0.25, 0.3) is 0 Å². The Kier molecular flexibility index (Phi) is 4.66. The summed E-state index contributed by atoms with van der Waals surface area (Å²) in [5, 5.41) is 0. The molecule has 0 aromatic carbocycles. The maximum Gasteiger partial charge on any atom is 0.416 e. The topological polar surface area (TPSA) is 51.7 Å². The molecule has 1 atom stereocenters. The Morgan fingerprint density at radius 3 is 3.00 bits per heavy atom. The van der Waals surface area contributed by atoms with E-state index in [1.165, 1.54) is 23.2 Å². The molecule has 1 aromatic rings. The van der Waals surface area contributed by atoms with Gasteiger partial charge >= 0.3 is 12.1 Å². The molecule has 2 heterocycles. The molecule has 0 amide bonds. The number of pyridine rings is 1. The molecule has 0 aliphatic carbocycles. The van der Waals surface area contributed by atoms with E-state index in [0.29, 0.717) is 0 Å². The van der Waals surface area contributed by atoms with Crippen LogP contribution in [0.1, 0.15) is 17.3 Å². The largest absolute Gasteiger partial charge is 0.462 e. The molecule has 21 heavy (non-hydrogen) atoms. The molecule has 1 unspecified atom stereocenters. The highest BCUT2D eigenvalue weighted by atomic mass is 19.4. The molecule has 0 N–H and O–H groups in total. The van der Waals surface area contributed by atoms with Crippen LogP contribution in [0.4, 0.5) is 19.0 Å². The minimum absolute atomic E-state index is 0.0803. The van der Waals surface area contributed by atoms with Crippen molar-refractivity contribution in [3.63, 3.8) is 0 Å². The summed E-state index contributed by atoms with van der Waals surface area (Å²) < 4.78 is 47.9. The molecular formula is C13H15F3N2O3. The van der Waals surface area contributed by atoms with Crippen molar-refractivity contribution in [3.8, 4) is 0 Å². The van der Waals surface area contributed by atoms with Crippen molar-refractivity contribution in [1.82, 2.24) is 4.98 Å². The molecule has 0 radical (unpaired) electrons. The van der Waals surface area contributed by atoms with Crippen LogP contribution in [0.3, 0.4) is 0 Å². The lowest BCUT2D eigenvalue weighted by Gasteiger charge is -2.35. The van der Waals surface area contributed by atoms with Crippen molar-refractivity contribution in [2.24, 2.45) is 0 Å². The first-order valence-corrected chi connectivity index (χ1v) is 6.49. The number of alkyl halides is 3. The van der Waals surface area contributed by atoms with Gasteiger partial charge in [-0.05, 0) is 19.1 Å². The van der Waals surface area contributed by atoms with E-state index in [0.717, 1.165) is 0 Å². The zero-order valence-corrected chi connectivity index (χ0v) is 11.4. The summed E-state index contributed by atoms with van der Waals surface area (Å²) >= 11 is 0. The molecular weight excluding hydrogens is 289 g/mol. The number of morpholine rings is 1. The van der Waals surface area contributed by atoms with E-state index in [1.807, 2.05) is 0 Å². The lowest BCUT2D eigenvalue weighted by atomic mass is 10.2. The summed E-state index contributed by atoms with van der Waals surface area (Å²) in [6.45, 7) is 1.59. The summed E-state index contributed by atoms with van der Waals surface area (Å²) in [5.74, 6) is -0.413. The van der Waals surface area contributed by atoms with Crippen LogP contribution in [0.25, 0.3) is 0 Å². The predicted molar refractivity (Wildman–Crippen MR) is 68.2 cm³/mol. The Labute approximate surface area is 119 Å². The number of ether oxygens (including phenoxy) is 2. The van der Waals surface area contributed by atoms with E-state index in [-0.39, 0.29) is 31.1 Å². The van der Waals surface area contributed by atoms with Crippen LogP contribution in [0.5, 0.6) is 0 Å². The average Bonchev–Trinajstić information content (AvgIpc) is 2.47. The molecule has 0 saturated carbocycles. The standard InChI is InChI=1S/C13H15F3N2O3/c1-2-20-12(19)9-4-3-5-17-11(9)18-6-7-21-10(8-18)13(14,15)16/h3-5,10H,2,6-8H2,1H3. The number of carbonyl (C=O) groups is 1. The molecule has 2 rings (SSSR count). The van der Waals surface area contributed by atoms with Gasteiger partial charge in [-0.15, -0.1) is 0 Å². The van der Waals surface area contributed by atoms with Gasteiger partial charge in [0.1, 0.15) is 11.4 Å². The normalized spacial score (nSPS) is 19.4. The number of carbonyl (C=O) groups excluding carboxylic acids is 1. The number of nitrogens with zero attached hydrogens (tertiary/aromatic N) is 2. The van der Waals surface area contributed by atoms with Gasteiger partial charge in [0.15, 0.2) is 6.10 Å². The zero-order chi connectivity index (χ0) is 15.5. The zero-order valence-electron chi connectivity index (χ0n) is 11.4. The number of hydrogen-bond donors (Lipinski definition) is 0. The summed E-state index contributed by atoms with van der Waals surface area (Å²) in [6.07, 6.45) is -4.91. The van der Waals surface area contributed by atoms with E-state index in [1.54, 1.807) is 6.92 Å². The second-order valence-electron chi connectivity index (χ2n) is 4.44. The molecule has 8 heteroatoms. The highest BCUT2D eigenvalue weighted by Crippen LogP contribution is 2.28. The first kappa shape index (κ1) is 15.6. The van der Waals surface area contributed by atoms with Gasteiger partial charge in [-0.1, -0.05) is 0 Å². The molecule has 0 spiro atoms. The van der Waals surface area contributed by atoms with Crippen LogP contribution >= 0.6 is 0 Å². The Bertz CT molecular complexity index is 508. The van der Waals surface area contributed by atoms with Gasteiger partial charge in [0.2, 0.25) is 0 Å². The van der Waals surface area contributed by atoms with Crippen molar-refractivity contribution < 1.29 is 27.4 Å². The van der Waals surface area contributed by atoms with E-state index < -0.39 is 24.8 Å². The molecule has 1 aromatic heterocycles. The summed E-state index contributed by atoms with van der Waals surface area (Å²) in [6, 6.07) is 3.02. The third-order valence-corrected chi connectivity index (χ3v) is 3.01. The monoisotopic (exact) mass is 304 g/mol. The van der Waals surface area contributed by atoms with Gasteiger partial charge < -0.3 is 14.4 Å². The summed E-state index contributed by atoms with van der Waals surface area (Å²) in [4.78, 5) is 17.3. The summed E-state index contributed by atoms with van der Waals surface area (Å²) in [7, 11) is 0. The highest BCUT2D eigenvalue weighted by molar-refractivity contribution is 5.94. The number of halogens is 3. The second kappa shape index (κ2) is 6.30. The van der Waals surface area contributed by atoms with E-state index in [4.69, 9.17) is 9.47 Å². The van der Waals surface area contributed by atoms with Crippen molar-refractivity contribution in [2.75, 3.05) is 31.2 Å². The molecule has 0 bridgehead atoms. The fraction of sp³-hybridized carbons (Fsp3) is 0.538. The first-order valence-electron chi connectivity index (χ1n) is 6.49. The summed E-state index contributed by atoms with van der Waals surface area (Å²) in [5.41, 5.74) is 0.155. The lowest BCUT2D eigenvalue weighted by Crippen LogP contribution is -2.49. The number of rotatable bonds is 3. The maximum absolute atomic E-state index is 12.7. The van der Waals surface area contributed by atoms with Crippen LogP contribution in [0.2, 0.25) is 0 Å². The van der Waals surface area contributed by atoms with Gasteiger partial charge in [0.05, 0.1) is 19.8 Å². The fourth-order valence-corrected chi connectivity index (χ4v) is 2.06. The second-order valence-corrected chi connectivity index (χ2v) is 4.44. The Balaban J connectivity index is 2.23. The van der Waals surface area contributed by atoms with Crippen LogP contribution in [0.15, 0.2) is 18.3 Å². The number of aromatic nitrogens is 1. The van der Waals surface area contributed by atoms with Crippen LogP contribution in [-0.4, -0.2) is 49.5 Å². The lowest BCUT2D eigenvalue weighted by molar-refractivity contribution is -0.221. The van der Waals surface area contributed by atoms with Gasteiger partial charge in [0, 0.05) is 12.7 Å². The van der Waals surface area contributed by atoms with Gasteiger partial charge in [-0.2, -0.15) is 13.2 Å². The average molecular weight is 304 g/mol. The fourth-order valence-electron chi connectivity index (χ4n) is 2.06. The van der Waals surface area contributed by atoms with Crippen LogP contribution in [-0.2, 0) is 9.47 Å². The molecule has 1 fully saturated rings. The smallest absolute Gasteiger partial charge is 0.416 e. The minimum atomic E-state index is -4.45. The van der Waals surface area contributed by atoms with Crippen LogP contribution in [0, 0.1) is 0 Å². The minimum Gasteiger partial charge on any atom is -0.462 e. The van der Waals surface area contributed by atoms with E-state index in [2.05, 4.69) is 4.98 Å². The molecule has 116 valence electrons. The molecule has 5 nitrogen and oxygen atoms in total. The first-order chi connectivity index (χ1) is 9.93. The maximum atomic E-state index is 12.7. The van der Waals surface area contributed by atoms with Crippen molar-refractivity contribution in [2.45, 2.75) is 19.2 Å². The third-order valence-electron chi connectivity index (χ3n) is 3.01. The molecule has 1 aliphatic heterocycles. The number of anilines is 1. The Morgan fingerprint density at radius 2 is 2.33 bits per heavy atom. The van der Waals surface area contributed by atoms with E-state index >= 15 is 0 Å². The van der Waals surface area contributed by atoms with E-state index in [9.17, 15) is 18.0 Å². The van der Waals surface area contributed by atoms with Crippen molar-refractivity contribution in [3.05, 3.63) is 23.9 Å². The van der Waals surface area contributed by atoms with Crippen molar-refractivity contribution in [1.29, 1.82) is 0 Å². The number of hydrogen-bond acceptors (Lipinski definition) is 5. The third kappa shape index (κ3) is 3.63. The quantitative estimate of drug-likeness (QED) is 0.800. The van der Waals surface area contributed by atoms with Gasteiger partial charge in [-0.25, -0.2) is 9.78 Å². The van der Waals surface area contributed by atoms with Crippen molar-refractivity contribution >= 4 is 11.8 Å². The highest BCUT2D eigenvalue weighted by Gasteiger charge is 2.44. The molecule has 1 saturated heterocycles. The molecule has 1 aliphatic rings. The van der Waals surface area contributed by atoms with Crippen LogP contribution < -0.4 is 4.90 Å². The number of esters is 1. The Morgan fingerprint density at radius 1 is 1.57 bits per heavy atom. The van der Waals surface area contributed by atoms with Gasteiger partial charge in [-0.3, -0.25) is 0 Å². The SMILES string of the molecule is CCOC(=O)c1cccnc1N1CCOC(C(F)(F)F)C1.